The van der Waals surface area contributed by atoms with Crippen molar-refractivity contribution in [2.75, 3.05) is 13.1 Å². The van der Waals surface area contributed by atoms with E-state index in [-0.39, 0.29) is 0 Å². The second-order valence-electron chi connectivity index (χ2n) is 5.22. The van der Waals surface area contributed by atoms with E-state index < -0.39 is 0 Å². The molecule has 1 aliphatic rings. The lowest BCUT2D eigenvalue weighted by molar-refractivity contribution is 0.188. The van der Waals surface area contributed by atoms with Crippen LogP contribution in [-0.2, 0) is 6.54 Å². The van der Waals surface area contributed by atoms with Gasteiger partial charge in [0.1, 0.15) is 5.75 Å². The molecule has 3 heteroatoms. The third kappa shape index (κ3) is 3.72. The van der Waals surface area contributed by atoms with E-state index in [1.807, 2.05) is 12.1 Å². The third-order valence-electron chi connectivity index (χ3n) is 3.81. The highest BCUT2D eigenvalue weighted by Crippen LogP contribution is 2.25. The van der Waals surface area contributed by atoms with Gasteiger partial charge in [-0.1, -0.05) is 25.0 Å². The largest absolute Gasteiger partial charge is 0.508 e. The average Bonchev–Trinajstić information content (AvgIpc) is 2.90. The van der Waals surface area contributed by atoms with Crippen LogP contribution in [-0.4, -0.2) is 29.1 Å². The van der Waals surface area contributed by atoms with Gasteiger partial charge in [0, 0.05) is 12.6 Å². The van der Waals surface area contributed by atoms with E-state index in [4.69, 9.17) is 5.73 Å². The molecule has 0 amide bonds. The summed E-state index contributed by atoms with van der Waals surface area (Å²) in [7, 11) is 0. The first-order valence-corrected chi connectivity index (χ1v) is 7.01. The number of hydrogen-bond acceptors (Lipinski definition) is 3. The van der Waals surface area contributed by atoms with Gasteiger partial charge in [-0.15, -0.1) is 0 Å². The number of rotatable bonds is 6. The molecule has 0 unspecified atom stereocenters. The van der Waals surface area contributed by atoms with Gasteiger partial charge in [-0.25, -0.2) is 0 Å². The maximum absolute atomic E-state index is 9.31. The van der Waals surface area contributed by atoms with Gasteiger partial charge < -0.3 is 10.8 Å². The molecule has 0 heterocycles. The number of phenols is 1. The maximum Gasteiger partial charge on any atom is 0.115 e. The second-order valence-corrected chi connectivity index (χ2v) is 5.22. The topological polar surface area (TPSA) is 49.5 Å². The minimum absolute atomic E-state index is 0.341. The second kappa shape index (κ2) is 6.76. The first kappa shape index (κ1) is 13.4. The highest BCUT2D eigenvalue weighted by molar-refractivity contribution is 5.25. The fraction of sp³-hybridized carbons (Fsp3) is 0.600. The minimum atomic E-state index is 0.341. The molecule has 1 aromatic carbocycles. The summed E-state index contributed by atoms with van der Waals surface area (Å²) in [5, 5.41) is 9.31. The molecule has 0 aromatic heterocycles. The van der Waals surface area contributed by atoms with E-state index in [2.05, 4.69) is 4.90 Å². The van der Waals surface area contributed by atoms with Gasteiger partial charge in [0.2, 0.25) is 0 Å². The van der Waals surface area contributed by atoms with Crippen LogP contribution in [0.1, 0.15) is 37.7 Å². The Hall–Kier alpha value is -1.06. The van der Waals surface area contributed by atoms with Gasteiger partial charge >= 0.3 is 0 Å². The molecule has 3 N–H and O–H groups in total. The minimum Gasteiger partial charge on any atom is -0.508 e. The van der Waals surface area contributed by atoms with Crippen LogP contribution in [0, 0.1) is 0 Å². The molecule has 0 spiro atoms. The molecule has 1 saturated carbocycles. The van der Waals surface area contributed by atoms with Crippen LogP contribution in [0.4, 0.5) is 0 Å². The molecule has 1 aliphatic carbocycles. The molecule has 3 nitrogen and oxygen atoms in total. The molecule has 0 radical (unpaired) electrons. The van der Waals surface area contributed by atoms with E-state index in [1.54, 1.807) is 12.1 Å². The van der Waals surface area contributed by atoms with Crippen molar-refractivity contribution >= 4 is 0 Å². The molecule has 1 fully saturated rings. The van der Waals surface area contributed by atoms with Crippen LogP contribution in [0.25, 0.3) is 0 Å². The quantitative estimate of drug-likeness (QED) is 0.813. The highest BCUT2D eigenvalue weighted by Gasteiger charge is 2.22. The standard InChI is InChI=1S/C15H24N2O/c16-10-3-11-17(14-4-1-2-5-14)12-13-6-8-15(18)9-7-13/h6-9,14,18H,1-5,10-12,16H2. The fourth-order valence-corrected chi connectivity index (χ4v) is 2.79. The van der Waals surface area contributed by atoms with E-state index >= 15 is 0 Å². The zero-order valence-corrected chi connectivity index (χ0v) is 11.0. The van der Waals surface area contributed by atoms with Crippen molar-refractivity contribution in [2.45, 2.75) is 44.7 Å². The summed E-state index contributed by atoms with van der Waals surface area (Å²) in [6, 6.07) is 8.29. The molecule has 100 valence electrons. The van der Waals surface area contributed by atoms with E-state index in [0.717, 1.165) is 32.1 Å². The molecule has 1 aromatic rings. The molecule has 0 aliphatic heterocycles. The Bertz CT molecular complexity index is 344. The number of nitrogens with zero attached hydrogens (tertiary/aromatic N) is 1. The molecule has 18 heavy (non-hydrogen) atoms. The summed E-state index contributed by atoms with van der Waals surface area (Å²) in [6.45, 7) is 2.83. The Balaban J connectivity index is 1.97. The van der Waals surface area contributed by atoms with Crippen LogP contribution in [0.3, 0.4) is 0 Å². The molecule has 0 atom stereocenters. The Labute approximate surface area is 110 Å². The molecule has 2 rings (SSSR count). The Kier molecular flexibility index (Phi) is 5.02. The number of hydrogen-bond donors (Lipinski definition) is 2. The van der Waals surface area contributed by atoms with Crippen molar-refractivity contribution in [1.82, 2.24) is 4.90 Å². The van der Waals surface area contributed by atoms with Gasteiger partial charge in [0.15, 0.2) is 0 Å². The fourth-order valence-electron chi connectivity index (χ4n) is 2.79. The van der Waals surface area contributed by atoms with Gasteiger partial charge in [-0.2, -0.15) is 0 Å². The molecular weight excluding hydrogens is 224 g/mol. The summed E-state index contributed by atoms with van der Waals surface area (Å²) in [5.41, 5.74) is 6.90. The van der Waals surface area contributed by atoms with E-state index in [1.165, 1.54) is 31.2 Å². The zero-order valence-electron chi connectivity index (χ0n) is 11.0. The predicted molar refractivity (Wildman–Crippen MR) is 74.4 cm³/mol. The van der Waals surface area contributed by atoms with E-state index in [0.29, 0.717) is 5.75 Å². The third-order valence-corrected chi connectivity index (χ3v) is 3.81. The van der Waals surface area contributed by atoms with Gasteiger partial charge in [0.05, 0.1) is 0 Å². The summed E-state index contributed by atoms with van der Waals surface area (Å²) < 4.78 is 0. The maximum atomic E-state index is 9.31. The number of nitrogens with two attached hydrogens (primary N) is 1. The number of benzene rings is 1. The summed E-state index contributed by atoms with van der Waals surface area (Å²) in [6.07, 6.45) is 6.43. The van der Waals surface area contributed by atoms with Crippen LogP contribution in [0.2, 0.25) is 0 Å². The van der Waals surface area contributed by atoms with Crippen molar-refractivity contribution in [3.8, 4) is 5.75 Å². The molecular formula is C15H24N2O. The lowest BCUT2D eigenvalue weighted by Gasteiger charge is -2.28. The van der Waals surface area contributed by atoms with E-state index in [9.17, 15) is 5.11 Å². The summed E-state index contributed by atoms with van der Waals surface area (Å²) >= 11 is 0. The van der Waals surface area contributed by atoms with Gasteiger partial charge in [-0.3, -0.25) is 4.90 Å². The smallest absolute Gasteiger partial charge is 0.115 e. The monoisotopic (exact) mass is 248 g/mol. The molecule has 0 bridgehead atoms. The predicted octanol–water partition coefficient (Wildman–Crippen LogP) is 2.49. The Morgan fingerprint density at radius 3 is 2.44 bits per heavy atom. The number of aromatic hydroxyl groups is 1. The first-order chi connectivity index (χ1) is 8.79. The lowest BCUT2D eigenvalue weighted by atomic mass is 10.1. The van der Waals surface area contributed by atoms with Crippen molar-refractivity contribution in [3.05, 3.63) is 29.8 Å². The van der Waals surface area contributed by atoms with Crippen molar-refractivity contribution in [1.29, 1.82) is 0 Å². The zero-order chi connectivity index (χ0) is 12.8. The Morgan fingerprint density at radius 1 is 1.17 bits per heavy atom. The van der Waals surface area contributed by atoms with Crippen LogP contribution < -0.4 is 5.73 Å². The SMILES string of the molecule is NCCCN(Cc1ccc(O)cc1)C1CCCC1. The van der Waals surface area contributed by atoms with Gasteiger partial charge in [0.25, 0.3) is 0 Å². The van der Waals surface area contributed by atoms with Crippen molar-refractivity contribution < 1.29 is 5.11 Å². The first-order valence-electron chi connectivity index (χ1n) is 7.01. The summed E-state index contributed by atoms with van der Waals surface area (Å²) in [5.74, 6) is 0.341. The summed E-state index contributed by atoms with van der Waals surface area (Å²) in [4.78, 5) is 2.56. The van der Waals surface area contributed by atoms with Crippen LogP contribution >= 0.6 is 0 Å². The van der Waals surface area contributed by atoms with Crippen molar-refractivity contribution in [2.24, 2.45) is 5.73 Å². The van der Waals surface area contributed by atoms with Crippen molar-refractivity contribution in [3.63, 3.8) is 0 Å². The van der Waals surface area contributed by atoms with Crippen LogP contribution in [0.15, 0.2) is 24.3 Å². The Morgan fingerprint density at radius 2 is 1.83 bits per heavy atom. The number of phenolic OH excluding ortho intramolecular Hbond substituents is 1. The van der Waals surface area contributed by atoms with Crippen LogP contribution in [0.5, 0.6) is 5.75 Å². The van der Waals surface area contributed by atoms with Gasteiger partial charge in [-0.05, 0) is 50.0 Å². The molecule has 0 saturated heterocycles. The lowest BCUT2D eigenvalue weighted by Crippen LogP contribution is -2.34. The normalized spacial score (nSPS) is 16.6. The average molecular weight is 248 g/mol. The highest BCUT2D eigenvalue weighted by atomic mass is 16.3.